The first-order chi connectivity index (χ1) is 44.3. The predicted molar refractivity (Wildman–Crippen MR) is 318 cm³/mol. The number of amides is 4. The van der Waals surface area contributed by atoms with E-state index in [4.69, 9.17) is 0 Å². The summed E-state index contributed by atoms with van der Waals surface area (Å²) in [6.45, 7) is -6.49. The first-order valence-electron chi connectivity index (χ1n) is 29.4. The number of rotatable bonds is 24. The van der Waals surface area contributed by atoms with E-state index in [2.05, 4.69) is 65.5 Å². The van der Waals surface area contributed by atoms with Crippen molar-refractivity contribution in [3.63, 3.8) is 0 Å². The van der Waals surface area contributed by atoms with Crippen LogP contribution in [-0.2, 0) is 84.7 Å². The SMILES string of the molecule is O=C(NC1CCC(CC2CCC(NC(=O)OCC(F)C(F)(F)S(=O)(=O)[O-])CC2)CC1)OCC(F)C(F)(F)S(=O)(=O)[O-].O=C(NC1CCC(CC2CCC(NC(=O)OCC(F)C(F)(F)S(=O)(=O)[O-])CC2)CC1)OCC(F)C(F)(F)S(=O)(=O)[O-].[Na+].[Na+].[SH2+]c1ccccc1.[SH2+]c1ccccc1. The average molecular weight is 1570 g/mol. The number of hydrogen-bond acceptors (Lipinski definition) is 20. The molecule has 552 valence electrons. The number of carbonyl (C=O) groups excluding carboxylic acids is 4. The third kappa shape index (κ3) is 31.9. The number of benzene rings is 2. The van der Waals surface area contributed by atoms with Gasteiger partial charge in [-0.2, -0.15) is 35.1 Å². The molecule has 4 N–H and O–H groups in total. The zero-order chi connectivity index (χ0) is 72.7. The standard InChI is InChI=1S/2C21H32F6N2O10S2.2C6H6S.2Na/c2*22-16(20(24,25)40(32,33)34)10-38-18(30)28-14-5-1-12(2-6-14)9-13-3-7-15(8-4-13)29-19(31)39-11-17(23)21(26,27)41(35,36)37;2*7-6-4-2-1-3-5-6;;/h2*12-17H,1-11H2,(H,28,30)(H,29,31)(H,32,33,34)(H,35,36,37);2*1-5,7H;;/q;;;;2*+1/p-2. The fraction of sp³-hybridized carbons (Fsp3) is 0.704. The molecule has 2 aromatic rings. The molecule has 44 heteroatoms. The van der Waals surface area contributed by atoms with Gasteiger partial charge in [0, 0.05) is 24.2 Å². The van der Waals surface area contributed by atoms with E-state index in [0.29, 0.717) is 126 Å². The Morgan fingerprint density at radius 1 is 0.367 bits per heavy atom. The molecule has 4 atom stereocenters. The van der Waals surface area contributed by atoms with Crippen LogP contribution in [0.1, 0.15) is 116 Å². The summed E-state index contributed by atoms with van der Waals surface area (Å²) in [6.07, 6.45) is -7.70. The van der Waals surface area contributed by atoms with Gasteiger partial charge in [0.2, 0.25) is 24.7 Å². The molecule has 0 saturated heterocycles. The molecule has 2 aromatic carbocycles. The van der Waals surface area contributed by atoms with Crippen molar-refractivity contribution >= 4 is 90.1 Å². The quantitative estimate of drug-likeness (QED) is 0.0383. The minimum atomic E-state index is -6.27. The summed E-state index contributed by atoms with van der Waals surface area (Å²) >= 11 is 6.71. The fourth-order valence-corrected chi connectivity index (χ4v) is 12.3. The van der Waals surface area contributed by atoms with Gasteiger partial charge in [-0.05, 0) is 189 Å². The van der Waals surface area contributed by atoms with Gasteiger partial charge in [-0.1, -0.05) is 36.4 Å². The molecule has 4 aliphatic rings. The molecule has 98 heavy (non-hydrogen) atoms. The Hall–Kier alpha value is -2.98. The Labute approximate surface area is 614 Å². The Bertz CT molecular complexity index is 2840. The number of nitrogens with one attached hydrogen (secondary N) is 4. The number of alkyl halides is 12. The van der Waals surface area contributed by atoms with Gasteiger partial charge < -0.3 is 58.4 Å². The minimum Gasteiger partial charge on any atom is -0.743 e. The maximum absolute atomic E-state index is 13.4. The number of ether oxygens (including phenoxy) is 4. The second kappa shape index (κ2) is 42.1. The number of halogens is 12. The Balaban J connectivity index is 0.000000797. The van der Waals surface area contributed by atoms with Crippen LogP contribution in [0.15, 0.2) is 70.5 Å². The smallest absolute Gasteiger partial charge is 0.743 e. The molecule has 0 heterocycles. The zero-order valence-electron chi connectivity index (χ0n) is 52.6. The van der Waals surface area contributed by atoms with Crippen molar-refractivity contribution in [2.75, 3.05) is 26.4 Å². The zero-order valence-corrected chi connectivity index (χ0v) is 61.9. The van der Waals surface area contributed by atoms with Gasteiger partial charge in [-0.25, -0.2) is 70.4 Å². The minimum absolute atomic E-state index is 0. The second-order valence-electron chi connectivity index (χ2n) is 23.0. The van der Waals surface area contributed by atoms with E-state index in [0.717, 1.165) is 22.6 Å². The van der Waals surface area contributed by atoms with Crippen LogP contribution < -0.4 is 80.4 Å². The maximum Gasteiger partial charge on any atom is 1.00 e. The summed E-state index contributed by atoms with van der Waals surface area (Å²) in [4.78, 5) is 49.3. The summed E-state index contributed by atoms with van der Waals surface area (Å²) in [5, 5.41) is -11.4. The van der Waals surface area contributed by atoms with Crippen LogP contribution in [0.4, 0.5) is 71.9 Å². The molecular weight excluding hydrogens is 1490 g/mol. The molecule has 0 bridgehead atoms. The van der Waals surface area contributed by atoms with Crippen molar-refractivity contribution in [1.29, 1.82) is 0 Å². The van der Waals surface area contributed by atoms with Crippen LogP contribution in [0.25, 0.3) is 0 Å². The number of hydrogen-bond donors (Lipinski definition) is 4. The van der Waals surface area contributed by atoms with Crippen LogP contribution >= 0.6 is 0 Å². The third-order valence-electron chi connectivity index (χ3n) is 15.8. The van der Waals surface area contributed by atoms with Gasteiger partial charge in [0.05, 0.1) is 0 Å². The van der Waals surface area contributed by atoms with Gasteiger partial charge >= 0.3 is 105 Å². The molecule has 24 nitrogen and oxygen atoms in total. The van der Waals surface area contributed by atoms with E-state index >= 15 is 0 Å². The van der Waals surface area contributed by atoms with Gasteiger partial charge in [0.15, 0.2) is 40.5 Å². The summed E-state index contributed by atoms with van der Waals surface area (Å²) in [5.41, 5.74) is 0. The van der Waals surface area contributed by atoms with Gasteiger partial charge in [0.1, 0.15) is 36.2 Å². The molecular formula is C54H74F12N4Na2O20S6. The summed E-state index contributed by atoms with van der Waals surface area (Å²) in [6, 6.07) is 18.4. The van der Waals surface area contributed by atoms with Crippen molar-refractivity contribution in [1.82, 2.24) is 21.3 Å². The van der Waals surface area contributed by atoms with Gasteiger partial charge in [0.25, 0.3) is 0 Å². The summed E-state index contributed by atoms with van der Waals surface area (Å²) in [7, 11) is -25.1. The average Bonchev–Trinajstić information content (AvgIpc) is 0.859. The molecule has 4 aliphatic carbocycles. The molecule has 4 amide bonds. The predicted octanol–water partition coefficient (Wildman–Crippen LogP) is 1.92. The maximum atomic E-state index is 13.4. The summed E-state index contributed by atoms with van der Waals surface area (Å²) in [5.74, 6) is 1.17. The number of carbonyl (C=O) groups is 4. The third-order valence-corrected chi connectivity index (χ3v) is 20.1. The van der Waals surface area contributed by atoms with Crippen LogP contribution in [0.5, 0.6) is 0 Å². The van der Waals surface area contributed by atoms with E-state index in [1.165, 1.54) is 0 Å². The molecule has 4 unspecified atom stereocenters. The summed E-state index contributed by atoms with van der Waals surface area (Å²) < 4.78 is 300. The van der Waals surface area contributed by atoms with E-state index in [1.807, 2.05) is 60.7 Å². The van der Waals surface area contributed by atoms with E-state index < -0.39 is 137 Å². The number of alkyl carbamates (subject to hydrolysis) is 4. The van der Waals surface area contributed by atoms with Crippen LogP contribution in [0.2, 0.25) is 0 Å². The monoisotopic (exact) mass is 1560 g/mol. The second-order valence-corrected chi connectivity index (χ2v) is 29.9. The van der Waals surface area contributed by atoms with Crippen molar-refractivity contribution in [3.8, 4) is 0 Å². The van der Waals surface area contributed by atoms with Gasteiger partial charge in [-0.3, -0.25) is 0 Å². The Morgan fingerprint density at radius 2 is 0.531 bits per heavy atom. The van der Waals surface area contributed by atoms with E-state index in [-0.39, 0.29) is 83.3 Å². The van der Waals surface area contributed by atoms with Crippen LogP contribution in [0, 0.1) is 23.7 Å². The first-order valence-corrected chi connectivity index (χ1v) is 36.1. The topological polar surface area (TPSA) is 382 Å². The van der Waals surface area contributed by atoms with E-state index in [1.54, 1.807) is 0 Å². The van der Waals surface area contributed by atoms with Crippen molar-refractivity contribution in [3.05, 3.63) is 60.7 Å². The van der Waals surface area contributed by atoms with Crippen molar-refractivity contribution in [2.24, 2.45) is 23.7 Å². The Morgan fingerprint density at radius 3 is 0.663 bits per heavy atom. The molecule has 0 aromatic heterocycles. The molecule has 4 fully saturated rings. The largest absolute Gasteiger partial charge is 1.00 e. The Kier molecular flexibility index (Phi) is 40.0. The normalized spacial score (nSPS) is 23.0. The molecule has 6 rings (SSSR count). The molecule has 0 spiro atoms. The van der Waals surface area contributed by atoms with E-state index in [9.17, 15) is 124 Å². The van der Waals surface area contributed by atoms with Gasteiger partial charge in [-0.15, -0.1) is 0 Å². The molecule has 0 radical (unpaired) electrons. The molecule has 4 saturated carbocycles. The van der Waals surface area contributed by atoms with Crippen molar-refractivity contribution < 1.29 is 202 Å². The van der Waals surface area contributed by atoms with Crippen LogP contribution in [0.3, 0.4) is 0 Å². The fourth-order valence-electron chi connectivity index (χ4n) is 10.4. The van der Waals surface area contributed by atoms with Crippen LogP contribution in [-0.4, -0.2) is 173 Å². The molecule has 0 aliphatic heterocycles. The van der Waals surface area contributed by atoms with Crippen molar-refractivity contribution in [2.45, 2.75) is 195 Å². The first kappa shape index (κ1) is 93.0.